The Kier molecular flexibility index (Phi) is 4.96. The molecular formula is C14H24N2O2. The van der Waals surface area contributed by atoms with Crippen molar-refractivity contribution in [3.63, 3.8) is 0 Å². The second kappa shape index (κ2) is 6.05. The van der Waals surface area contributed by atoms with Crippen LogP contribution in [0.2, 0.25) is 0 Å². The van der Waals surface area contributed by atoms with E-state index in [-0.39, 0.29) is 11.3 Å². The van der Waals surface area contributed by atoms with Gasteiger partial charge < -0.3 is 15.1 Å². The number of amides is 1. The van der Waals surface area contributed by atoms with E-state index in [1.165, 1.54) is 0 Å². The van der Waals surface area contributed by atoms with Crippen LogP contribution in [0.1, 0.15) is 43.3 Å². The van der Waals surface area contributed by atoms with Crippen molar-refractivity contribution in [1.29, 1.82) is 0 Å². The first-order chi connectivity index (χ1) is 8.41. The minimum Gasteiger partial charge on any atom is -0.459 e. The molecule has 4 nitrogen and oxygen atoms in total. The van der Waals surface area contributed by atoms with Gasteiger partial charge in [-0.05, 0) is 31.4 Å². The second-order valence-electron chi connectivity index (χ2n) is 5.53. The third-order valence-electron chi connectivity index (χ3n) is 3.01. The monoisotopic (exact) mass is 252 g/mol. The van der Waals surface area contributed by atoms with E-state index < -0.39 is 0 Å². The van der Waals surface area contributed by atoms with Gasteiger partial charge in [0.25, 0.3) is 5.91 Å². The Morgan fingerprint density at radius 2 is 2.17 bits per heavy atom. The Labute approximate surface area is 109 Å². The Balaban J connectivity index is 2.85. The van der Waals surface area contributed by atoms with Crippen molar-refractivity contribution >= 4 is 5.91 Å². The minimum atomic E-state index is -0.0780. The maximum atomic E-state index is 12.4. The highest BCUT2D eigenvalue weighted by Crippen LogP contribution is 2.19. The zero-order chi connectivity index (χ0) is 13.8. The first-order valence-corrected chi connectivity index (χ1v) is 6.44. The van der Waals surface area contributed by atoms with Crippen molar-refractivity contribution < 1.29 is 9.21 Å². The minimum absolute atomic E-state index is 0.0409. The summed E-state index contributed by atoms with van der Waals surface area (Å²) in [7, 11) is 0. The third kappa shape index (κ3) is 3.60. The molecule has 2 N–H and O–H groups in total. The molecular weight excluding hydrogens is 228 g/mol. The van der Waals surface area contributed by atoms with Gasteiger partial charge >= 0.3 is 0 Å². The van der Waals surface area contributed by atoms with Crippen LogP contribution in [0.3, 0.4) is 0 Å². The summed E-state index contributed by atoms with van der Waals surface area (Å²) in [6.07, 6.45) is 2.48. The van der Waals surface area contributed by atoms with Crippen LogP contribution in [0.15, 0.2) is 16.7 Å². The summed E-state index contributed by atoms with van der Waals surface area (Å²) in [5, 5.41) is 0. The van der Waals surface area contributed by atoms with E-state index in [2.05, 4.69) is 20.8 Å². The molecule has 0 atom stereocenters. The van der Waals surface area contributed by atoms with Gasteiger partial charge in [0.15, 0.2) is 5.76 Å². The summed E-state index contributed by atoms with van der Waals surface area (Å²) in [5.74, 6) is 0.400. The number of nitrogens with zero attached hydrogens (tertiary/aromatic N) is 1. The van der Waals surface area contributed by atoms with Crippen molar-refractivity contribution in [3.05, 3.63) is 23.7 Å². The van der Waals surface area contributed by atoms with Crippen LogP contribution in [0.25, 0.3) is 0 Å². The van der Waals surface area contributed by atoms with E-state index >= 15 is 0 Å². The maximum Gasteiger partial charge on any atom is 0.289 e. The lowest BCUT2D eigenvalue weighted by molar-refractivity contribution is 0.0656. The van der Waals surface area contributed by atoms with E-state index in [9.17, 15) is 4.79 Å². The average molecular weight is 252 g/mol. The summed E-state index contributed by atoms with van der Waals surface area (Å²) in [4.78, 5) is 14.2. The largest absolute Gasteiger partial charge is 0.459 e. The number of rotatable bonds is 6. The molecule has 4 heteroatoms. The van der Waals surface area contributed by atoms with E-state index in [1.54, 1.807) is 6.26 Å². The fourth-order valence-electron chi connectivity index (χ4n) is 1.84. The highest BCUT2D eigenvalue weighted by molar-refractivity contribution is 5.92. The van der Waals surface area contributed by atoms with Crippen LogP contribution in [0, 0.1) is 12.3 Å². The molecule has 1 heterocycles. The lowest BCUT2D eigenvalue weighted by atomic mass is 9.93. The van der Waals surface area contributed by atoms with Crippen molar-refractivity contribution in [2.24, 2.45) is 11.1 Å². The Morgan fingerprint density at radius 1 is 1.50 bits per heavy atom. The van der Waals surface area contributed by atoms with Gasteiger partial charge in [-0.2, -0.15) is 0 Å². The molecule has 0 radical (unpaired) electrons. The second-order valence-corrected chi connectivity index (χ2v) is 5.53. The van der Waals surface area contributed by atoms with Crippen LogP contribution in [-0.4, -0.2) is 30.4 Å². The number of hydrogen-bond acceptors (Lipinski definition) is 3. The number of carbonyl (C=O) groups is 1. The normalized spacial score (nSPS) is 11.6. The van der Waals surface area contributed by atoms with E-state index in [4.69, 9.17) is 10.2 Å². The summed E-state index contributed by atoms with van der Waals surface area (Å²) in [6.45, 7) is 10.0. The van der Waals surface area contributed by atoms with Crippen molar-refractivity contribution in [2.45, 2.75) is 34.1 Å². The van der Waals surface area contributed by atoms with Gasteiger partial charge in [-0.3, -0.25) is 4.79 Å². The molecule has 0 spiro atoms. The maximum absolute atomic E-state index is 12.4. The Bertz CT molecular complexity index is 396. The number of nitrogens with two attached hydrogens (primary N) is 1. The van der Waals surface area contributed by atoms with Crippen molar-refractivity contribution in [1.82, 2.24) is 4.90 Å². The van der Waals surface area contributed by atoms with E-state index in [0.29, 0.717) is 18.8 Å². The summed E-state index contributed by atoms with van der Waals surface area (Å²) >= 11 is 0. The molecule has 0 aliphatic heterocycles. The molecule has 0 bridgehead atoms. The Morgan fingerprint density at radius 3 is 2.61 bits per heavy atom. The standard InChI is InChI=1S/C14H24N2O2/c1-5-7-16(10-14(3,4)9-15)13(17)12-11(2)6-8-18-12/h6,8H,5,7,9-10,15H2,1-4H3. The highest BCUT2D eigenvalue weighted by Gasteiger charge is 2.26. The van der Waals surface area contributed by atoms with Crippen LogP contribution < -0.4 is 5.73 Å². The molecule has 0 fully saturated rings. The topological polar surface area (TPSA) is 59.5 Å². The fraction of sp³-hybridized carbons (Fsp3) is 0.643. The molecule has 1 aromatic heterocycles. The third-order valence-corrected chi connectivity index (χ3v) is 3.01. The number of carbonyl (C=O) groups excluding carboxylic acids is 1. The number of furan rings is 1. The highest BCUT2D eigenvalue weighted by atomic mass is 16.3. The van der Waals surface area contributed by atoms with Gasteiger partial charge in [-0.15, -0.1) is 0 Å². The Hall–Kier alpha value is -1.29. The summed E-state index contributed by atoms with van der Waals surface area (Å²) in [5.41, 5.74) is 6.54. The predicted molar refractivity (Wildman–Crippen MR) is 72.5 cm³/mol. The molecule has 1 amide bonds. The average Bonchev–Trinajstić information content (AvgIpc) is 2.74. The zero-order valence-electron chi connectivity index (χ0n) is 11.8. The summed E-state index contributed by atoms with van der Waals surface area (Å²) < 4.78 is 5.28. The van der Waals surface area contributed by atoms with Crippen LogP contribution in [0.4, 0.5) is 0 Å². The smallest absolute Gasteiger partial charge is 0.289 e. The molecule has 0 aliphatic carbocycles. The van der Waals surface area contributed by atoms with Gasteiger partial charge in [-0.25, -0.2) is 0 Å². The molecule has 1 rings (SSSR count). The van der Waals surface area contributed by atoms with E-state index in [1.807, 2.05) is 17.9 Å². The van der Waals surface area contributed by atoms with Crippen LogP contribution in [-0.2, 0) is 0 Å². The molecule has 0 aromatic carbocycles. The molecule has 102 valence electrons. The fourth-order valence-corrected chi connectivity index (χ4v) is 1.84. The van der Waals surface area contributed by atoms with Crippen LogP contribution in [0.5, 0.6) is 0 Å². The number of aryl methyl sites for hydroxylation is 1. The first kappa shape index (κ1) is 14.8. The van der Waals surface area contributed by atoms with Gasteiger partial charge in [0.1, 0.15) is 0 Å². The summed E-state index contributed by atoms with van der Waals surface area (Å²) in [6, 6.07) is 1.81. The predicted octanol–water partition coefficient (Wildman–Crippen LogP) is 2.43. The van der Waals surface area contributed by atoms with Crippen molar-refractivity contribution in [2.75, 3.05) is 19.6 Å². The lowest BCUT2D eigenvalue weighted by Gasteiger charge is -2.31. The molecule has 0 aliphatic rings. The van der Waals surface area contributed by atoms with Crippen LogP contribution >= 0.6 is 0 Å². The number of hydrogen-bond donors (Lipinski definition) is 1. The molecule has 0 saturated heterocycles. The quantitative estimate of drug-likeness (QED) is 0.846. The van der Waals surface area contributed by atoms with Gasteiger partial charge in [0.2, 0.25) is 0 Å². The van der Waals surface area contributed by atoms with Gasteiger partial charge in [0.05, 0.1) is 6.26 Å². The molecule has 0 unspecified atom stereocenters. The molecule has 0 saturated carbocycles. The molecule has 1 aromatic rings. The molecule has 18 heavy (non-hydrogen) atoms. The van der Waals surface area contributed by atoms with E-state index in [0.717, 1.165) is 18.5 Å². The zero-order valence-corrected chi connectivity index (χ0v) is 11.8. The lowest BCUT2D eigenvalue weighted by Crippen LogP contribution is -2.42. The van der Waals surface area contributed by atoms with Crippen molar-refractivity contribution in [3.8, 4) is 0 Å². The SMILES string of the molecule is CCCN(CC(C)(C)CN)C(=O)c1occc1C. The van der Waals surface area contributed by atoms with Gasteiger partial charge in [0, 0.05) is 18.7 Å². The van der Waals surface area contributed by atoms with Gasteiger partial charge in [-0.1, -0.05) is 20.8 Å². The first-order valence-electron chi connectivity index (χ1n) is 6.44.